The number of hydrogen-bond donors (Lipinski definition) is 2. The number of hydrogen-bond acceptors (Lipinski definition) is 3. The number of carbonyl (C=O) groups excluding carboxylic acids is 1. The third-order valence-electron chi connectivity index (χ3n) is 4.58. The van der Waals surface area contributed by atoms with Gasteiger partial charge in [0.1, 0.15) is 5.75 Å². The van der Waals surface area contributed by atoms with E-state index < -0.39 is 5.97 Å². The van der Waals surface area contributed by atoms with Gasteiger partial charge in [-0.05, 0) is 49.4 Å². The molecular weight excluding hydrogens is 330 g/mol. The molecule has 0 unspecified atom stereocenters. The maximum atomic E-state index is 12.2. The first kappa shape index (κ1) is 18.0. The summed E-state index contributed by atoms with van der Waals surface area (Å²) < 4.78 is 6.08. The molecule has 1 aliphatic carbocycles. The van der Waals surface area contributed by atoms with E-state index in [0.717, 1.165) is 24.2 Å². The van der Waals surface area contributed by atoms with Gasteiger partial charge in [-0.1, -0.05) is 30.3 Å². The first-order chi connectivity index (χ1) is 12.6. The van der Waals surface area contributed by atoms with Crippen molar-refractivity contribution < 1.29 is 19.4 Å². The molecule has 1 fully saturated rings. The molecule has 5 nitrogen and oxygen atoms in total. The summed E-state index contributed by atoms with van der Waals surface area (Å²) in [5.41, 5.74) is 1.82. The Bertz CT molecular complexity index is 781. The van der Waals surface area contributed by atoms with Crippen molar-refractivity contribution in [2.45, 2.75) is 44.8 Å². The van der Waals surface area contributed by atoms with Crippen molar-refractivity contribution in [3.8, 4) is 5.75 Å². The molecule has 1 amide bonds. The predicted molar refractivity (Wildman–Crippen MR) is 98.3 cm³/mol. The van der Waals surface area contributed by atoms with Gasteiger partial charge in [-0.25, -0.2) is 4.79 Å². The number of para-hydroxylation sites is 1. The van der Waals surface area contributed by atoms with E-state index in [0.29, 0.717) is 12.1 Å². The van der Waals surface area contributed by atoms with Crippen molar-refractivity contribution in [2.24, 2.45) is 0 Å². The van der Waals surface area contributed by atoms with E-state index >= 15 is 0 Å². The minimum atomic E-state index is -0.995. The van der Waals surface area contributed by atoms with E-state index in [-0.39, 0.29) is 24.0 Å². The minimum Gasteiger partial charge on any atom is -0.490 e. The Hall–Kier alpha value is -2.82. The molecule has 0 aliphatic heterocycles. The monoisotopic (exact) mass is 353 g/mol. The molecule has 0 spiro atoms. The molecule has 136 valence electrons. The Morgan fingerprint density at radius 1 is 1.08 bits per heavy atom. The summed E-state index contributed by atoms with van der Waals surface area (Å²) >= 11 is 0. The molecule has 2 N–H and O–H groups in total. The van der Waals surface area contributed by atoms with Gasteiger partial charge in [0.25, 0.3) is 0 Å². The standard InChI is InChI=1S/C21H23NO4/c23-20(13-15-6-5-8-16(12-15)21(24)25)22-14-17-7-1-4-11-19(17)26-18-9-2-3-10-18/h1,4-8,11-12,18H,2-3,9-10,13-14H2,(H,22,23)(H,24,25). The van der Waals surface area contributed by atoms with Gasteiger partial charge in [-0.15, -0.1) is 0 Å². The van der Waals surface area contributed by atoms with E-state index in [9.17, 15) is 9.59 Å². The van der Waals surface area contributed by atoms with Crippen LogP contribution >= 0.6 is 0 Å². The molecule has 2 aromatic carbocycles. The number of amides is 1. The molecule has 1 saturated carbocycles. The second-order valence-corrected chi connectivity index (χ2v) is 6.59. The topological polar surface area (TPSA) is 75.6 Å². The van der Waals surface area contributed by atoms with Crippen molar-refractivity contribution in [1.29, 1.82) is 0 Å². The maximum absolute atomic E-state index is 12.2. The minimum absolute atomic E-state index is 0.146. The number of carboxylic acids is 1. The lowest BCUT2D eigenvalue weighted by Crippen LogP contribution is -2.25. The lowest BCUT2D eigenvalue weighted by Gasteiger charge is -2.16. The second kappa shape index (κ2) is 8.52. The highest BCUT2D eigenvalue weighted by atomic mass is 16.5. The Labute approximate surface area is 153 Å². The van der Waals surface area contributed by atoms with Crippen LogP contribution in [-0.2, 0) is 17.8 Å². The van der Waals surface area contributed by atoms with Crippen LogP contribution in [0.5, 0.6) is 5.75 Å². The molecule has 0 heterocycles. The van der Waals surface area contributed by atoms with E-state index in [2.05, 4.69) is 5.32 Å². The molecule has 0 bridgehead atoms. The van der Waals surface area contributed by atoms with Crippen LogP contribution < -0.4 is 10.1 Å². The first-order valence-corrected chi connectivity index (χ1v) is 8.95. The zero-order chi connectivity index (χ0) is 18.4. The summed E-state index contributed by atoms with van der Waals surface area (Å²) in [6.07, 6.45) is 5.00. The highest BCUT2D eigenvalue weighted by Crippen LogP contribution is 2.26. The van der Waals surface area contributed by atoms with Gasteiger partial charge < -0.3 is 15.2 Å². The molecule has 0 atom stereocenters. The van der Waals surface area contributed by atoms with Gasteiger partial charge in [0.15, 0.2) is 0 Å². The summed E-state index contributed by atoms with van der Waals surface area (Å²) in [5, 5.41) is 11.9. The lowest BCUT2D eigenvalue weighted by atomic mass is 10.1. The van der Waals surface area contributed by atoms with Crippen molar-refractivity contribution in [3.63, 3.8) is 0 Å². The van der Waals surface area contributed by atoms with E-state index in [1.54, 1.807) is 12.1 Å². The van der Waals surface area contributed by atoms with Crippen LogP contribution in [0, 0.1) is 0 Å². The quantitative estimate of drug-likeness (QED) is 0.798. The van der Waals surface area contributed by atoms with Gasteiger partial charge in [-0.2, -0.15) is 0 Å². The molecular formula is C21H23NO4. The van der Waals surface area contributed by atoms with E-state index in [4.69, 9.17) is 9.84 Å². The molecule has 26 heavy (non-hydrogen) atoms. The summed E-state index contributed by atoms with van der Waals surface area (Å²) in [6.45, 7) is 0.389. The van der Waals surface area contributed by atoms with Crippen molar-refractivity contribution >= 4 is 11.9 Å². The Morgan fingerprint density at radius 2 is 1.85 bits per heavy atom. The number of carboxylic acid groups (broad SMARTS) is 1. The van der Waals surface area contributed by atoms with Crippen LogP contribution in [0.2, 0.25) is 0 Å². The third-order valence-corrected chi connectivity index (χ3v) is 4.58. The fraction of sp³-hybridized carbons (Fsp3) is 0.333. The van der Waals surface area contributed by atoms with Crippen LogP contribution in [0.15, 0.2) is 48.5 Å². The SMILES string of the molecule is O=C(Cc1cccc(C(=O)O)c1)NCc1ccccc1OC1CCCC1. The smallest absolute Gasteiger partial charge is 0.335 e. The number of nitrogens with one attached hydrogen (secondary N) is 1. The number of aromatic carboxylic acids is 1. The zero-order valence-corrected chi connectivity index (χ0v) is 14.6. The van der Waals surface area contributed by atoms with E-state index in [1.165, 1.54) is 25.0 Å². The molecule has 3 rings (SSSR count). The molecule has 2 aromatic rings. The number of benzene rings is 2. The predicted octanol–water partition coefficient (Wildman–Crippen LogP) is 3.57. The molecule has 0 radical (unpaired) electrons. The number of ether oxygens (including phenoxy) is 1. The fourth-order valence-electron chi connectivity index (χ4n) is 3.21. The van der Waals surface area contributed by atoms with Gasteiger partial charge >= 0.3 is 5.97 Å². The average molecular weight is 353 g/mol. The zero-order valence-electron chi connectivity index (χ0n) is 14.6. The van der Waals surface area contributed by atoms with Gasteiger partial charge in [-0.3, -0.25) is 4.79 Å². The molecule has 1 aliphatic rings. The lowest BCUT2D eigenvalue weighted by molar-refractivity contribution is -0.120. The van der Waals surface area contributed by atoms with Crippen LogP contribution in [0.3, 0.4) is 0 Å². The van der Waals surface area contributed by atoms with Gasteiger partial charge in [0, 0.05) is 12.1 Å². The van der Waals surface area contributed by atoms with E-state index in [1.807, 2.05) is 24.3 Å². The Morgan fingerprint density at radius 3 is 2.62 bits per heavy atom. The van der Waals surface area contributed by atoms with Crippen molar-refractivity contribution in [2.75, 3.05) is 0 Å². The summed E-state index contributed by atoms with van der Waals surface area (Å²) in [7, 11) is 0. The second-order valence-electron chi connectivity index (χ2n) is 6.59. The average Bonchev–Trinajstić information content (AvgIpc) is 3.14. The Kier molecular flexibility index (Phi) is 5.89. The molecule has 0 aromatic heterocycles. The third kappa shape index (κ3) is 4.85. The normalized spacial score (nSPS) is 14.2. The summed E-state index contributed by atoms with van der Waals surface area (Å²) in [6, 6.07) is 14.2. The van der Waals surface area contributed by atoms with Crippen LogP contribution in [-0.4, -0.2) is 23.1 Å². The summed E-state index contributed by atoms with van der Waals surface area (Å²) in [5.74, 6) is -0.318. The van der Waals surface area contributed by atoms with Gasteiger partial charge in [0.05, 0.1) is 18.1 Å². The maximum Gasteiger partial charge on any atom is 0.335 e. The number of carbonyl (C=O) groups is 2. The molecule has 0 saturated heterocycles. The highest BCUT2D eigenvalue weighted by Gasteiger charge is 2.18. The summed E-state index contributed by atoms with van der Waals surface area (Å²) in [4.78, 5) is 23.2. The highest BCUT2D eigenvalue weighted by molar-refractivity contribution is 5.88. The van der Waals surface area contributed by atoms with Crippen LogP contribution in [0.25, 0.3) is 0 Å². The van der Waals surface area contributed by atoms with Crippen LogP contribution in [0.1, 0.15) is 47.2 Å². The number of rotatable bonds is 7. The largest absolute Gasteiger partial charge is 0.490 e. The Balaban J connectivity index is 1.57. The van der Waals surface area contributed by atoms with Gasteiger partial charge in [0.2, 0.25) is 5.91 Å². The molecule has 5 heteroatoms. The van der Waals surface area contributed by atoms with Crippen LogP contribution in [0.4, 0.5) is 0 Å². The fourth-order valence-corrected chi connectivity index (χ4v) is 3.21. The van der Waals surface area contributed by atoms with Crippen molar-refractivity contribution in [3.05, 3.63) is 65.2 Å². The first-order valence-electron chi connectivity index (χ1n) is 8.95. The van der Waals surface area contributed by atoms with Crippen molar-refractivity contribution in [1.82, 2.24) is 5.32 Å².